The van der Waals surface area contributed by atoms with E-state index in [2.05, 4.69) is 31.9 Å². The molecule has 358 valence electrons. The largest absolute Gasteiger partial charge is 0.481 e. The van der Waals surface area contributed by atoms with E-state index in [1.54, 1.807) is 33.7 Å². The summed E-state index contributed by atoms with van der Waals surface area (Å²) in [6.07, 6.45) is 13.2. The number of carbonyl (C=O) groups excluding carboxylic acids is 2. The van der Waals surface area contributed by atoms with Crippen LogP contribution >= 0.6 is 11.8 Å². The number of ether oxygens (including phenoxy) is 3. The first kappa shape index (κ1) is 50.8. The molecule has 3 atom stereocenters. The number of piperazine rings is 2. The zero-order valence-corrected chi connectivity index (χ0v) is 38.1. The Labute approximate surface area is 383 Å². The average Bonchev–Trinajstić information content (AvgIpc) is 4.02. The number of anilines is 3. The molecule has 65 heavy (non-hydrogen) atoms. The van der Waals surface area contributed by atoms with E-state index in [-0.39, 0.29) is 43.8 Å². The minimum absolute atomic E-state index is 0.0470. The van der Waals surface area contributed by atoms with Crippen LogP contribution in [0.4, 0.5) is 17.8 Å². The lowest BCUT2D eigenvalue weighted by Crippen LogP contribution is -2.52. The third-order valence-electron chi connectivity index (χ3n) is 10.9. The second-order valence-corrected chi connectivity index (χ2v) is 16.4. The third kappa shape index (κ3) is 15.7. The van der Waals surface area contributed by atoms with Gasteiger partial charge in [0.15, 0.2) is 0 Å². The molecular formula is C40H65N17O7S. The molecule has 2 saturated heterocycles. The van der Waals surface area contributed by atoms with Crippen LogP contribution in [0.3, 0.4) is 0 Å². The number of thioether (sulfide) groups is 1. The minimum Gasteiger partial charge on any atom is -0.481 e. The Morgan fingerprint density at radius 1 is 0.800 bits per heavy atom. The van der Waals surface area contributed by atoms with Crippen LogP contribution < -0.4 is 32.3 Å². The summed E-state index contributed by atoms with van der Waals surface area (Å²) in [4.78, 5) is 61.6. The smallest absolute Gasteiger partial charge is 0.303 e. The number of aliphatic carboxylic acids is 1. The SMILES string of the molecule is C#CCOCCOCCOCCNc1nc(N2CCN(C(=O)[C@H](CCCCN)n3cc(CN)nn3)CC2)nc(N2CCN(C(=O)[C@H](CCC(=O)O)n3cc([C@@H](N)CCSC)nn3)CC2)n1. The standard InChI is InChI=1S/C40H65N17O7S/c1-3-20-62-22-24-64-25-23-63-21-11-44-38-45-39(54-16-12-52(13-17-54)36(60)33(6-4-5-10-41)56-28-30(27-42)48-50-56)47-40(46-38)55-18-14-53(15-19-55)37(61)34(7-8-35(58)59)57-29-32(49-51-57)31(43)9-26-65-2/h1,28-29,31,33-34H,4-27,41-43H2,2H3,(H,58,59)(H,44,45,46,47)/t31-,33-,34-/m0/s1. The van der Waals surface area contributed by atoms with Crippen molar-refractivity contribution in [1.82, 2.24) is 54.7 Å². The van der Waals surface area contributed by atoms with Gasteiger partial charge in [0, 0.05) is 71.9 Å². The lowest BCUT2D eigenvalue weighted by atomic mass is 10.1. The van der Waals surface area contributed by atoms with Crippen molar-refractivity contribution in [2.75, 3.05) is 132 Å². The van der Waals surface area contributed by atoms with Gasteiger partial charge in [-0.1, -0.05) is 16.3 Å². The van der Waals surface area contributed by atoms with E-state index >= 15 is 0 Å². The Morgan fingerprint density at radius 3 is 1.95 bits per heavy atom. The van der Waals surface area contributed by atoms with Crippen LogP contribution in [0.2, 0.25) is 0 Å². The number of carboxylic acid groups (broad SMARTS) is 1. The number of nitrogens with zero attached hydrogens (tertiary/aromatic N) is 13. The maximum Gasteiger partial charge on any atom is 0.303 e. The summed E-state index contributed by atoms with van der Waals surface area (Å²) in [5.41, 5.74) is 19.0. The minimum atomic E-state index is -1.01. The fourth-order valence-corrected chi connectivity index (χ4v) is 7.73. The molecule has 5 rings (SSSR count). The quantitative estimate of drug-likeness (QED) is 0.0418. The first-order chi connectivity index (χ1) is 31.6. The molecule has 2 aliphatic heterocycles. The molecule has 0 bridgehead atoms. The monoisotopic (exact) mass is 927 g/mol. The normalized spacial score (nSPS) is 15.7. The number of nitrogens with two attached hydrogens (primary N) is 3. The van der Waals surface area contributed by atoms with Gasteiger partial charge in [0.2, 0.25) is 29.7 Å². The van der Waals surface area contributed by atoms with Gasteiger partial charge >= 0.3 is 5.97 Å². The number of unbranched alkanes of at least 4 members (excludes halogenated alkanes) is 1. The molecule has 25 heteroatoms. The van der Waals surface area contributed by atoms with E-state index in [1.807, 2.05) is 21.0 Å². The molecule has 24 nitrogen and oxygen atoms in total. The Kier molecular flexibility index (Phi) is 21.3. The van der Waals surface area contributed by atoms with Gasteiger partial charge in [-0.2, -0.15) is 26.7 Å². The van der Waals surface area contributed by atoms with Crippen LogP contribution in [0.25, 0.3) is 0 Å². The Bertz CT molecular complexity index is 1950. The van der Waals surface area contributed by atoms with Gasteiger partial charge in [-0.25, -0.2) is 9.36 Å². The Morgan fingerprint density at radius 2 is 1.38 bits per heavy atom. The van der Waals surface area contributed by atoms with Crippen molar-refractivity contribution in [2.24, 2.45) is 17.2 Å². The molecule has 5 heterocycles. The fraction of sp³-hybridized carbons (Fsp3) is 0.700. The van der Waals surface area contributed by atoms with Crippen LogP contribution in [0.1, 0.15) is 68.0 Å². The topological polar surface area (TPSA) is 302 Å². The van der Waals surface area contributed by atoms with E-state index in [0.717, 1.165) is 18.6 Å². The molecule has 2 fully saturated rings. The lowest BCUT2D eigenvalue weighted by Gasteiger charge is -2.38. The van der Waals surface area contributed by atoms with Gasteiger partial charge in [0.05, 0.1) is 62.9 Å². The zero-order chi connectivity index (χ0) is 46.4. The van der Waals surface area contributed by atoms with Gasteiger partial charge in [0.25, 0.3) is 0 Å². The van der Waals surface area contributed by atoms with Gasteiger partial charge in [-0.15, -0.1) is 16.6 Å². The molecule has 0 aromatic carbocycles. The molecule has 0 spiro atoms. The highest BCUT2D eigenvalue weighted by Crippen LogP contribution is 2.25. The lowest BCUT2D eigenvalue weighted by molar-refractivity contribution is -0.139. The first-order valence-corrected chi connectivity index (χ1v) is 23.5. The van der Waals surface area contributed by atoms with Crippen molar-refractivity contribution in [1.29, 1.82) is 0 Å². The number of nitrogens with one attached hydrogen (secondary N) is 1. The molecule has 2 amide bonds. The van der Waals surface area contributed by atoms with Crippen LogP contribution in [0, 0.1) is 12.3 Å². The maximum absolute atomic E-state index is 14.0. The number of aromatic nitrogens is 9. The van der Waals surface area contributed by atoms with E-state index in [1.165, 1.54) is 4.68 Å². The molecular weight excluding hydrogens is 863 g/mol. The van der Waals surface area contributed by atoms with E-state index < -0.39 is 18.1 Å². The van der Waals surface area contributed by atoms with Crippen LogP contribution in [-0.4, -0.2) is 195 Å². The molecule has 0 unspecified atom stereocenters. The van der Waals surface area contributed by atoms with Crippen molar-refractivity contribution >= 4 is 47.4 Å². The maximum atomic E-state index is 14.0. The van der Waals surface area contributed by atoms with Crippen molar-refractivity contribution in [3.05, 3.63) is 23.8 Å². The molecule has 3 aromatic rings. The summed E-state index contributed by atoms with van der Waals surface area (Å²) in [6, 6.07) is -1.74. The van der Waals surface area contributed by atoms with E-state index in [9.17, 15) is 19.5 Å². The number of terminal acetylenes is 1. The van der Waals surface area contributed by atoms with Gasteiger partial charge in [0.1, 0.15) is 18.7 Å². The van der Waals surface area contributed by atoms with Crippen molar-refractivity contribution in [2.45, 2.75) is 63.2 Å². The van der Waals surface area contributed by atoms with Crippen molar-refractivity contribution in [3.63, 3.8) is 0 Å². The van der Waals surface area contributed by atoms with E-state index in [0.29, 0.717) is 141 Å². The third-order valence-corrected chi connectivity index (χ3v) is 11.5. The average molecular weight is 928 g/mol. The number of carboxylic acids is 1. The molecule has 0 radical (unpaired) electrons. The second kappa shape index (κ2) is 27.3. The number of hydrogen-bond acceptors (Lipinski definition) is 20. The molecule has 8 N–H and O–H groups in total. The zero-order valence-electron chi connectivity index (χ0n) is 37.3. The summed E-state index contributed by atoms with van der Waals surface area (Å²) in [5.74, 6) is 3.16. The Balaban J connectivity index is 1.25. The first-order valence-electron chi connectivity index (χ1n) is 22.1. The fourth-order valence-electron chi connectivity index (χ4n) is 7.24. The highest BCUT2D eigenvalue weighted by atomic mass is 32.2. The second-order valence-electron chi connectivity index (χ2n) is 15.4. The predicted octanol–water partition coefficient (Wildman–Crippen LogP) is -0.865. The molecule has 2 aliphatic rings. The predicted molar refractivity (Wildman–Crippen MR) is 243 cm³/mol. The summed E-state index contributed by atoms with van der Waals surface area (Å²) in [7, 11) is 0. The van der Waals surface area contributed by atoms with Crippen LogP contribution in [0.5, 0.6) is 0 Å². The number of hydrogen-bond donors (Lipinski definition) is 5. The molecule has 0 saturated carbocycles. The summed E-state index contributed by atoms with van der Waals surface area (Å²) in [5, 5.41) is 29.5. The highest BCUT2D eigenvalue weighted by molar-refractivity contribution is 7.98. The van der Waals surface area contributed by atoms with Crippen LogP contribution in [-0.2, 0) is 35.1 Å². The molecule has 0 aliphatic carbocycles. The van der Waals surface area contributed by atoms with E-state index in [4.69, 9.17) is 52.8 Å². The summed E-state index contributed by atoms with van der Waals surface area (Å²) < 4.78 is 19.5. The number of carbonyl (C=O) groups is 3. The summed E-state index contributed by atoms with van der Waals surface area (Å²) >= 11 is 1.67. The molecule has 3 aromatic heterocycles. The van der Waals surface area contributed by atoms with Gasteiger partial charge < -0.3 is 61.4 Å². The van der Waals surface area contributed by atoms with Crippen LogP contribution in [0.15, 0.2) is 12.4 Å². The Hall–Kier alpha value is -5.23. The van der Waals surface area contributed by atoms with Crippen molar-refractivity contribution < 1.29 is 33.7 Å². The summed E-state index contributed by atoms with van der Waals surface area (Å²) in [6.45, 7) is 6.66. The highest BCUT2D eigenvalue weighted by Gasteiger charge is 2.33. The van der Waals surface area contributed by atoms with Crippen molar-refractivity contribution in [3.8, 4) is 12.3 Å². The number of amides is 2. The van der Waals surface area contributed by atoms with Gasteiger partial charge in [-0.3, -0.25) is 14.4 Å². The van der Waals surface area contributed by atoms with Gasteiger partial charge in [-0.05, 0) is 50.7 Å². The number of rotatable bonds is 29.